The molecule has 0 atom stereocenters. The number of benzene rings is 1. The average Bonchev–Trinajstić information content (AvgIpc) is 3.15. The van der Waals surface area contributed by atoms with Gasteiger partial charge in [-0.3, -0.25) is 14.0 Å². The van der Waals surface area contributed by atoms with Gasteiger partial charge in [-0.2, -0.15) is 0 Å². The molecule has 3 heterocycles. The van der Waals surface area contributed by atoms with Gasteiger partial charge in [-0.05, 0) is 30.8 Å². The highest BCUT2D eigenvalue weighted by atomic mass is 19.1. The Morgan fingerprint density at radius 3 is 2.52 bits per heavy atom. The van der Waals surface area contributed by atoms with Gasteiger partial charge in [0.15, 0.2) is 5.69 Å². The first-order chi connectivity index (χ1) is 14.1. The second kappa shape index (κ2) is 8.00. The largest absolute Gasteiger partial charge is 0.335 e. The van der Waals surface area contributed by atoms with Crippen LogP contribution in [0.2, 0.25) is 0 Å². The maximum absolute atomic E-state index is 13.9. The Balaban J connectivity index is 1.64. The zero-order valence-electron chi connectivity index (χ0n) is 16.1. The van der Waals surface area contributed by atoms with Crippen molar-refractivity contribution in [3.05, 3.63) is 66.0 Å². The summed E-state index contributed by atoms with van der Waals surface area (Å²) in [5.41, 5.74) is 0.845. The molecular formula is C21H22FN5O2. The fourth-order valence-electron chi connectivity index (χ4n) is 3.51. The summed E-state index contributed by atoms with van der Waals surface area (Å²) < 4.78 is 15.5. The molecule has 3 aromatic rings. The van der Waals surface area contributed by atoms with Crippen molar-refractivity contribution in [2.24, 2.45) is 0 Å². The van der Waals surface area contributed by atoms with Crippen LogP contribution in [0.3, 0.4) is 0 Å². The van der Waals surface area contributed by atoms with Gasteiger partial charge in [0.1, 0.15) is 5.82 Å². The monoisotopic (exact) mass is 395 g/mol. The van der Waals surface area contributed by atoms with E-state index in [-0.39, 0.29) is 23.1 Å². The topological polar surface area (TPSA) is 69.9 Å². The molecular weight excluding hydrogens is 373 g/mol. The van der Waals surface area contributed by atoms with Crippen molar-refractivity contribution in [1.29, 1.82) is 0 Å². The van der Waals surface area contributed by atoms with Gasteiger partial charge in [-0.1, -0.05) is 25.1 Å². The Morgan fingerprint density at radius 2 is 1.79 bits per heavy atom. The van der Waals surface area contributed by atoms with Crippen molar-refractivity contribution in [3.63, 3.8) is 0 Å². The van der Waals surface area contributed by atoms with E-state index in [1.165, 1.54) is 12.1 Å². The number of amides is 2. The quantitative estimate of drug-likeness (QED) is 0.737. The van der Waals surface area contributed by atoms with Crippen molar-refractivity contribution in [3.8, 4) is 0 Å². The molecule has 0 bridgehead atoms. The summed E-state index contributed by atoms with van der Waals surface area (Å²) in [6.45, 7) is 5.92. The number of anilines is 1. The highest BCUT2D eigenvalue weighted by molar-refractivity contribution is 6.06. The first-order valence-electron chi connectivity index (χ1n) is 9.63. The molecule has 2 aromatic heterocycles. The van der Waals surface area contributed by atoms with Crippen molar-refractivity contribution in [2.75, 3.05) is 38.0 Å². The molecule has 7 nitrogen and oxygen atoms in total. The second-order valence-electron chi connectivity index (χ2n) is 6.90. The smallest absolute Gasteiger partial charge is 0.292 e. The Hall–Kier alpha value is -3.26. The summed E-state index contributed by atoms with van der Waals surface area (Å²) in [7, 11) is 0. The van der Waals surface area contributed by atoms with Gasteiger partial charge in [0, 0.05) is 32.4 Å². The lowest BCUT2D eigenvalue weighted by Crippen LogP contribution is -2.48. The van der Waals surface area contributed by atoms with Gasteiger partial charge in [-0.15, -0.1) is 0 Å². The maximum atomic E-state index is 13.9. The first kappa shape index (κ1) is 19.1. The number of hydrogen-bond donors (Lipinski definition) is 1. The molecule has 0 spiro atoms. The number of piperazine rings is 1. The minimum absolute atomic E-state index is 0.0411. The van der Waals surface area contributed by atoms with E-state index < -0.39 is 11.7 Å². The number of pyridine rings is 1. The molecule has 1 fully saturated rings. The Labute approximate surface area is 167 Å². The number of halogens is 1. The van der Waals surface area contributed by atoms with E-state index in [1.807, 2.05) is 0 Å². The predicted octanol–water partition coefficient (Wildman–Crippen LogP) is 2.50. The predicted molar refractivity (Wildman–Crippen MR) is 108 cm³/mol. The van der Waals surface area contributed by atoms with Crippen molar-refractivity contribution in [1.82, 2.24) is 19.2 Å². The number of nitrogens with one attached hydrogen (secondary N) is 1. The highest BCUT2D eigenvalue weighted by Crippen LogP contribution is 2.19. The molecule has 1 aliphatic heterocycles. The molecule has 150 valence electrons. The van der Waals surface area contributed by atoms with Crippen molar-refractivity contribution < 1.29 is 14.0 Å². The van der Waals surface area contributed by atoms with E-state index in [2.05, 4.69) is 22.1 Å². The van der Waals surface area contributed by atoms with E-state index in [1.54, 1.807) is 45.8 Å². The van der Waals surface area contributed by atoms with Gasteiger partial charge < -0.3 is 15.1 Å². The number of hydrogen-bond acceptors (Lipinski definition) is 4. The number of para-hydroxylation sites is 1. The lowest BCUT2D eigenvalue weighted by molar-refractivity contribution is 0.0640. The summed E-state index contributed by atoms with van der Waals surface area (Å²) >= 11 is 0. The molecule has 1 N–H and O–H groups in total. The summed E-state index contributed by atoms with van der Waals surface area (Å²) in [5, 5.41) is 2.53. The third-order valence-corrected chi connectivity index (χ3v) is 5.18. The standard InChI is InChI=1S/C21H22FN5O2/c1-2-25-11-13-26(14-12-25)21(29)18-17-9-5-6-10-27(17)19(24-18)20(28)23-16-8-4-3-7-15(16)22/h3-10H,2,11-14H2,1H3,(H,23,28). The second-order valence-corrected chi connectivity index (χ2v) is 6.90. The minimum Gasteiger partial charge on any atom is -0.335 e. The summed E-state index contributed by atoms with van der Waals surface area (Å²) in [5.74, 6) is -1.27. The van der Waals surface area contributed by atoms with Crippen LogP contribution in [0, 0.1) is 5.82 Å². The Bertz CT molecular complexity index is 1060. The number of imidazole rings is 1. The van der Waals surface area contributed by atoms with Gasteiger partial charge in [0.2, 0.25) is 5.82 Å². The number of likely N-dealkylation sites (N-methyl/N-ethyl adjacent to an activating group) is 1. The van der Waals surface area contributed by atoms with Gasteiger partial charge in [0.25, 0.3) is 11.8 Å². The van der Waals surface area contributed by atoms with Crippen LogP contribution in [0.5, 0.6) is 0 Å². The third-order valence-electron chi connectivity index (χ3n) is 5.18. The summed E-state index contributed by atoms with van der Waals surface area (Å²) in [6.07, 6.45) is 1.67. The summed E-state index contributed by atoms with van der Waals surface area (Å²) in [6, 6.07) is 11.2. The molecule has 4 rings (SSSR count). The number of nitrogens with zero attached hydrogens (tertiary/aromatic N) is 4. The number of fused-ring (bicyclic) bond motifs is 1. The molecule has 0 saturated carbocycles. The van der Waals surface area contributed by atoms with Crippen LogP contribution in [0.1, 0.15) is 28.0 Å². The van der Waals surface area contributed by atoms with Gasteiger partial charge >= 0.3 is 0 Å². The normalized spacial score (nSPS) is 14.9. The number of carbonyl (C=O) groups is 2. The van der Waals surface area contributed by atoms with Crippen LogP contribution in [-0.2, 0) is 0 Å². The Morgan fingerprint density at radius 1 is 1.07 bits per heavy atom. The first-order valence-corrected chi connectivity index (χ1v) is 9.63. The highest BCUT2D eigenvalue weighted by Gasteiger charge is 2.27. The molecule has 0 radical (unpaired) electrons. The fourth-order valence-corrected chi connectivity index (χ4v) is 3.51. The zero-order valence-corrected chi connectivity index (χ0v) is 16.1. The van der Waals surface area contributed by atoms with Crippen molar-refractivity contribution >= 4 is 23.0 Å². The molecule has 0 unspecified atom stereocenters. The number of aromatic nitrogens is 2. The van der Waals surface area contributed by atoms with E-state index in [0.717, 1.165) is 19.6 Å². The van der Waals surface area contributed by atoms with Crippen LogP contribution in [0.4, 0.5) is 10.1 Å². The minimum atomic E-state index is -0.578. The molecule has 1 aliphatic rings. The zero-order chi connectivity index (χ0) is 20.4. The van der Waals surface area contributed by atoms with Crippen LogP contribution in [0.15, 0.2) is 48.7 Å². The van der Waals surface area contributed by atoms with E-state index >= 15 is 0 Å². The third kappa shape index (κ3) is 3.71. The fraction of sp³-hybridized carbons (Fsp3) is 0.286. The molecule has 29 heavy (non-hydrogen) atoms. The Kier molecular flexibility index (Phi) is 5.26. The maximum Gasteiger partial charge on any atom is 0.292 e. The van der Waals surface area contributed by atoms with E-state index in [4.69, 9.17) is 0 Å². The van der Waals surface area contributed by atoms with Crippen LogP contribution in [-0.4, -0.2) is 63.7 Å². The average molecular weight is 395 g/mol. The van der Waals surface area contributed by atoms with Crippen molar-refractivity contribution in [2.45, 2.75) is 6.92 Å². The van der Waals surface area contributed by atoms with Gasteiger partial charge in [0.05, 0.1) is 11.2 Å². The molecule has 0 aliphatic carbocycles. The molecule has 2 amide bonds. The lowest BCUT2D eigenvalue weighted by atomic mass is 10.2. The van der Waals surface area contributed by atoms with Crippen LogP contribution in [0.25, 0.3) is 5.52 Å². The van der Waals surface area contributed by atoms with Crippen LogP contribution >= 0.6 is 0 Å². The molecule has 1 aromatic carbocycles. The lowest BCUT2D eigenvalue weighted by Gasteiger charge is -2.33. The number of carbonyl (C=O) groups excluding carboxylic acids is 2. The van der Waals surface area contributed by atoms with E-state index in [0.29, 0.717) is 18.6 Å². The molecule has 1 saturated heterocycles. The van der Waals surface area contributed by atoms with Crippen LogP contribution < -0.4 is 5.32 Å². The van der Waals surface area contributed by atoms with Gasteiger partial charge in [-0.25, -0.2) is 9.37 Å². The summed E-state index contributed by atoms with van der Waals surface area (Å²) in [4.78, 5) is 34.3. The van der Waals surface area contributed by atoms with E-state index in [9.17, 15) is 14.0 Å². The SMILES string of the molecule is CCN1CCN(C(=O)c2nc(C(=O)Nc3ccccc3F)n3ccccc23)CC1. The number of rotatable bonds is 4. The molecule has 8 heteroatoms.